The number of halogens is 3. The fraction of sp³-hybridized carbons (Fsp3) is 0.800. The summed E-state index contributed by atoms with van der Waals surface area (Å²) in [6.07, 6.45) is -4.90. The topological polar surface area (TPSA) is 55.4 Å². The maximum Gasteiger partial charge on any atom is 0.471 e. The van der Waals surface area contributed by atoms with Gasteiger partial charge in [-0.1, -0.05) is 6.92 Å². The lowest BCUT2D eigenvalue weighted by Gasteiger charge is -2.26. The van der Waals surface area contributed by atoms with E-state index >= 15 is 0 Å². The zero-order valence-electron chi connectivity index (χ0n) is 10.1. The van der Waals surface area contributed by atoms with Crippen LogP contribution in [-0.2, 0) is 14.3 Å². The molecule has 4 nitrogen and oxygen atoms in total. The molecule has 0 fully saturated rings. The van der Waals surface area contributed by atoms with E-state index in [0.29, 0.717) is 6.42 Å². The molecular weight excluding hydrogens is 239 g/mol. The second-order valence-electron chi connectivity index (χ2n) is 4.20. The highest BCUT2D eigenvalue weighted by atomic mass is 19.4. The molecule has 100 valence electrons. The summed E-state index contributed by atoms with van der Waals surface area (Å²) in [6, 6.07) is 0. The van der Waals surface area contributed by atoms with Crippen LogP contribution in [0.4, 0.5) is 13.2 Å². The SMILES string of the molecule is CC[C@H](C)OC(=O)C(C)(C)NC(=O)C(F)(F)F. The maximum atomic E-state index is 12.0. The fourth-order valence-corrected chi connectivity index (χ4v) is 0.819. The minimum absolute atomic E-state index is 0.412. The third kappa shape index (κ3) is 5.06. The van der Waals surface area contributed by atoms with Crippen molar-refractivity contribution in [2.24, 2.45) is 0 Å². The van der Waals surface area contributed by atoms with Gasteiger partial charge in [-0.3, -0.25) is 4.79 Å². The van der Waals surface area contributed by atoms with Gasteiger partial charge >= 0.3 is 18.1 Å². The van der Waals surface area contributed by atoms with Gasteiger partial charge in [-0.25, -0.2) is 4.79 Å². The van der Waals surface area contributed by atoms with Gasteiger partial charge in [0.15, 0.2) is 0 Å². The summed E-state index contributed by atoms with van der Waals surface area (Å²) in [5.41, 5.74) is -1.71. The maximum absolute atomic E-state index is 12.0. The average Bonchev–Trinajstić information content (AvgIpc) is 2.15. The van der Waals surface area contributed by atoms with E-state index in [-0.39, 0.29) is 0 Å². The first-order valence-electron chi connectivity index (χ1n) is 5.11. The summed E-state index contributed by atoms with van der Waals surface area (Å²) < 4.78 is 40.9. The highest BCUT2D eigenvalue weighted by Crippen LogP contribution is 2.17. The van der Waals surface area contributed by atoms with Crippen LogP contribution in [-0.4, -0.2) is 29.7 Å². The largest absolute Gasteiger partial charge is 0.471 e. The highest BCUT2D eigenvalue weighted by Gasteiger charge is 2.44. The number of hydrogen-bond acceptors (Lipinski definition) is 3. The molecule has 1 amide bonds. The van der Waals surface area contributed by atoms with Crippen molar-refractivity contribution in [3.8, 4) is 0 Å². The van der Waals surface area contributed by atoms with Gasteiger partial charge in [0.05, 0.1) is 6.10 Å². The van der Waals surface area contributed by atoms with E-state index in [1.165, 1.54) is 0 Å². The van der Waals surface area contributed by atoms with Gasteiger partial charge in [-0.2, -0.15) is 13.2 Å². The van der Waals surface area contributed by atoms with Crippen molar-refractivity contribution in [1.82, 2.24) is 5.32 Å². The molecule has 0 unspecified atom stereocenters. The molecule has 0 saturated heterocycles. The Labute approximate surface area is 97.5 Å². The second-order valence-corrected chi connectivity index (χ2v) is 4.20. The predicted octanol–water partition coefficient (Wildman–Crippen LogP) is 1.79. The van der Waals surface area contributed by atoms with Crippen LogP contribution >= 0.6 is 0 Å². The molecule has 0 spiro atoms. The van der Waals surface area contributed by atoms with Gasteiger partial charge in [0, 0.05) is 0 Å². The van der Waals surface area contributed by atoms with E-state index in [1.54, 1.807) is 19.2 Å². The molecule has 0 radical (unpaired) electrons. The Morgan fingerprint density at radius 3 is 2.12 bits per heavy atom. The minimum Gasteiger partial charge on any atom is -0.461 e. The average molecular weight is 255 g/mol. The van der Waals surface area contributed by atoms with Gasteiger partial charge in [-0.15, -0.1) is 0 Å². The molecule has 17 heavy (non-hydrogen) atoms. The Kier molecular flexibility index (Phi) is 4.97. The molecule has 0 aromatic rings. The molecule has 0 aliphatic heterocycles. The normalized spacial score (nSPS) is 14.1. The lowest BCUT2D eigenvalue weighted by Crippen LogP contribution is -2.54. The summed E-state index contributed by atoms with van der Waals surface area (Å²) in [7, 11) is 0. The van der Waals surface area contributed by atoms with Crippen molar-refractivity contribution in [1.29, 1.82) is 0 Å². The van der Waals surface area contributed by atoms with Crippen LogP contribution < -0.4 is 5.32 Å². The van der Waals surface area contributed by atoms with Crippen LogP contribution in [0.2, 0.25) is 0 Å². The molecule has 1 N–H and O–H groups in total. The highest BCUT2D eigenvalue weighted by molar-refractivity contribution is 5.89. The molecule has 1 atom stereocenters. The van der Waals surface area contributed by atoms with Crippen molar-refractivity contribution in [2.45, 2.75) is 51.9 Å². The molecular formula is C10H16F3NO3. The first kappa shape index (κ1) is 15.7. The molecule has 0 saturated carbocycles. The van der Waals surface area contributed by atoms with Crippen molar-refractivity contribution in [3.05, 3.63) is 0 Å². The molecule has 0 bridgehead atoms. The third-order valence-electron chi connectivity index (χ3n) is 2.08. The Morgan fingerprint density at radius 1 is 1.29 bits per heavy atom. The summed E-state index contributed by atoms with van der Waals surface area (Å²) in [6.45, 7) is 5.68. The lowest BCUT2D eigenvalue weighted by atomic mass is 10.1. The fourth-order valence-electron chi connectivity index (χ4n) is 0.819. The van der Waals surface area contributed by atoms with Crippen molar-refractivity contribution in [2.75, 3.05) is 0 Å². The number of amides is 1. The predicted molar refractivity (Wildman–Crippen MR) is 54.1 cm³/mol. The van der Waals surface area contributed by atoms with Gasteiger partial charge in [0.2, 0.25) is 0 Å². The smallest absolute Gasteiger partial charge is 0.461 e. The van der Waals surface area contributed by atoms with Gasteiger partial charge < -0.3 is 10.1 Å². The zero-order chi connectivity index (χ0) is 13.9. The molecule has 0 aromatic heterocycles. The minimum atomic E-state index is -5.02. The number of carbonyl (C=O) groups excluding carboxylic acids is 2. The monoisotopic (exact) mass is 255 g/mol. The Balaban J connectivity index is 4.57. The van der Waals surface area contributed by atoms with E-state index in [1.807, 2.05) is 0 Å². The number of ether oxygens (including phenoxy) is 1. The number of carbonyl (C=O) groups is 2. The molecule has 0 aliphatic rings. The van der Waals surface area contributed by atoms with Crippen molar-refractivity contribution >= 4 is 11.9 Å². The molecule has 7 heteroatoms. The standard InChI is InChI=1S/C10H16F3NO3/c1-5-6(2)17-8(16)9(3,4)14-7(15)10(11,12)13/h6H,5H2,1-4H3,(H,14,15)/t6-/m0/s1. The van der Waals surface area contributed by atoms with Gasteiger partial charge in [0.1, 0.15) is 5.54 Å². The van der Waals surface area contributed by atoms with E-state index in [0.717, 1.165) is 13.8 Å². The van der Waals surface area contributed by atoms with Gasteiger partial charge in [0.25, 0.3) is 0 Å². The van der Waals surface area contributed by atoms with Crippen molar-refractivity contribution in [3.63, 3.8) is 0 Å². The van der Waals surface area contributed by atoms with Crippen LogP contribution in [0, 0.1) is 0 Å². The van der Waals surface area contributed by atoms with E-state index in [2.05, 4.69) is 0 Å². The summed E-state index contributed by atoms with van der Waals surface area (Å²) in [5.74, 6) is -3.06. The summed E-state index contributed by atoms with van der Waals surface area (Å²) >= 11 is 0. The lowest BCUT2D eigenvalue weighted by molar-refractivity contribution is -0.178. The van der Waals surface area contributed by atoms with E-state index in [9.17, 15) is 22.8 Å². The van der Waals surface area contributed by atoms with Crippen LogP contribution in [0.1, 0.15) is 34.1 Å². The number of hydrogen-bond donors (Lipinski definition) is 1. The Hall–Kier alpha value is -1.27. The first-order chi connectivity index (χ1) is 7.50. The number of nitrogens with one attached hydrogen (secondary N) is 1. The van der Waals surface area contributed by atoms with Crippen LogP contribution in [0.5, 0.6) is 0 Å². The summed E-state index contributed by atoms with van der Waals surface area (Å²) in [5, 5.41) is 1.59. The number of alkyl halides is 3. The first-order valence-corrected chi connectivity index (χ1v) is 5.11. The summed E-state index contributed by atoms with van der Waals surface area (Å²) in [4.78, 5) is 22.2. The number of esters is 1. The Morgan fingerprint density at radius 2 is 1.76 bits per heavy atom. The second kappa shape index (κ2) is 5.37. The molecule has 0 aliphatic carbocycles. The van der Waals surface area contributed by atoms with E-state index < -0.39 is 29.7 Å². The van der Waals surface area contributed by atoms with Crippen molar-refractivity contribution < 1.29 is 27.5 Å². The zero-order valence-corrected chi connectivity index (χ0v) is 10.1. The number of rotatable bonds is 4. The van der Waals surface area contributed by atoms with Crippen LogP contribution in [0.15, 0.2) is 0 Å². The molecule has 0 rings (SSSR count). The third-order valence-corrected chi connectivity index (χ3v) is 2.08. The quantitative estimate of drug-likeness (QED) is 0.779. The van der Waals surface area contributed by atoms with Crippen LogP contribution in [0.3, 0.4) is 0 Å². The van der Waals surface area contributed by atoms with Gasteiger partial charge in [-0.05, 0) is 27.2 Å². The molecule has 0 heterocycles. The molecule has 0 aromatic carbocycles. The van der Waals surface area contributed by atoms with E-state index in [4.69, 9.17) is 4.74 Å². The van der Waals surface area contributed by atoms with Crippen LogP contribution in [0.25, 0.3) is 0 Å². The Bertz CT molecular complexity index is 300.